The molecule has 0 radical (unpaired) electrons. The van der Waals surface area contributed by atoms with E-state index in [0.717, 1.165) is 0 Å². The molecule has 74 valence electrons. The Morgan fingerprint density at radius 2 is 0.583 bits per heavy atom. The molecule has 0 aromatic carbocycles. The molecule has 0 aromatic heterocycles. The van der Waals surface area contributed by atoms with Gasteiger partial charge in [-0.3, -0.25) is 0 Å². The fraction of sp³-hybridized carbons (Fsp3) is 1.00. The van der Waals surface area contributed by atoms with Crippen LogP contribution in [0, 0.1) is 0 Å². The summed E-state index contributed by atoms with van der Waals surface area (Å²) in [6.45, 7) is 0. The van der Waals surface area contributed by atoms with E-state index in [-0.39, 0.29) is 0 Å². The van der Waals surface area contributed by atoms with Crippen molar-refractivity contribution in [1.29, 1.82) is 0 Å². The smallest absolute Gasteiger partial charge is 0.0874 e. The highest BCUT2D eigenvalue weighted by Gasteiger charge is 1.95. The Morgan fingerprint density at radius 3 is 0.667 bits per heavy atom. The second-order valence-corrected chi connectivity index (χ2v) is 5.06. The summed E-state index contributed by atoms with van der Waals surface area (Å²) < 4.78 is -0.750. The van der Waals surface area contributed by atoms with Crippen LogP contribution in [0.1, 0.15) is 51.4 Å². The van der Waals surface area contributed by atoms with Crippen LogP contribution in [-0.4, -0.2) is 4.30 Å². The summed E-state index contributed by atoms with van der Waals surface area (Å²) >= 11 is 14.4. The second-order valence-electron chi connectivity index (χ2n) is 3.08. The predicted molar refractivity (Wildman–Crippen MR) is 58.3 cm³/mol. The Bertz CT molecular complexity index is 57.1. The van der Waals surface area contributed by atoms with Crippen molar-refractivity contribution in [2.24, 2.45) is 0 Å². The monoisotopic (exact) mass is 230 g/mol. The Hall–Kier alpha value is 0.870. The summed E-state index contributed by atoms with van der Waals surface area (Å²) in [6, 6.07) is 0. The fourth-order valence-corrected chi connectivity index (χ4v) is 1.41. The van der Waals surface area contributed by atoms with Gasteiger partial charge in [0, 0.05) is 0 Å². The second kappa shape index (κ2) is 9.95. The quantitative estimate of drug-likeness (QED) is 0.509. The van der Waals surface area contributed by atoms with Crippen molar-refractivity contribution in [1.82, 2.24) is 0 Å². The molecule has 1 rings (SSSR count). The fourth-order valence-electron chi connectivity index (χ4n) is 1.41. The van der Waals surface area contributed by atoms with E-state index >= 15 is 0 Å². The summed E-state index contributed by atoms with van der Waals surface area (Å²) in [4.78, 5) is 0. The van der Waals surface area contributed by atoms with E-state index in [4.69, 9.17) is 34.8 Å². The van der Waals surface area contributed by atoms with Crippen molar-refractivity contribution in [2.45, 2.75) is 55.7 Å². The largest absolute Gasteiger partial charge is 0.180 e. The van der Waals surface area contributed by atoms with Crippen molar-refractivity contribution in [3.05, 3.63) is 0 Å². The Kier molecular flexibility index (Phi) is 10.7. The maximum Gasteiger partial charge on any atom is 0.180 e. The van der Waals surface area contributed by atoms with Crippen LogP contribution < -0.4 is 0 Å². The highest BCUT2D eigenvalue weighted by atomic mass is 35.6. The Balaban J connectivity index is 0.000000261. The van der Waals surface area contributed by atoms with Gasteiger partial charge >= 0.3 is 0 Å². The molecule has 1 fully saturated rings. The summed E-state index contributed by atoms with van der Waals surface area (Å²) in [5.74, 6) is 0. The van der Waals surface area contributed by atoms with Gasteiger partial charge in [0.15, 0.2) is 4.30 Å². The van der Waals surface area contributed by atoms with E-state index in [1.807, 2.05) is 0 Å². The van der Waals surface area contributed by atoms with E-state index in [1.54, 1.807) is 0 Å². The molecular formula is C9H17Cl3. The van der Waals surface area contributed by atoms with Crippen LogP contribution in [0.4, 0.5) is 0 Å². The highest BCUT2D eigenvalue weighted by Crippen LogP contribution is 2.15. The molecule has 0 spiro atoms. The summed E-state index contributed by atoms with van der Waals surface area (Å²) in [6.07, 6.45) is 12.0. The van der Waals surface area contributed by atoms with Gasteiger partial charge in [-0.15, -0.1) is 0 Å². The van der Waals surface area contributed by atoms with Crippen molar-refractivity contribution >= 4 is 34.8 Å². The average Bonchev–Trinajstić information content (AvgIpc) is 1.82. The first kappa shape index (κ1) is 12.9. The summed E-state index contributed by atoms with van der Waals surface area (Å²) in [5.41, 5.74) is 0. The van der Waals surface area contributed by atoms with Gasteiger partial charge in [-0.25, -0.2) is 0 Å². The van der Waals surface area contributed by atoms with E-state index in [2.05, 4.69) is 0 Å². The molecule has 1 saturated carbocycles. The van der Waals surface area contributed by atoms with Gasteiger partial charge in [0.2, 0.25) is 0 Å². The third kappa shape index (κ3) is 13.5. The lowest BCUT2D eigenvalue weighted by Crippen LogP contribution is -1.85. The van der Waals surface area contributed by atoms with Crippen LogP contribution >= 0.6 is 34.8 Å². The van der Waals surface area contributed by atoms with E-state index in [1.165, 1.54) is 51.4 Å². The predicted octanol–water partition coefficient (Wildman–Crippen LogP) is 5.11. The van der Waals surface area contributed by atoms with Crippen LogP contribution in [0.2, 0.25) is 0 Å². The van der Waals surface area contributed by atoms with Crippen molar-refractivity contribution in [2.75, 3.05) is 0 Å². The van der Waals surface area contributed by atoms with Crippen molar-refractivity contribution in [3.63, 3.8) is 0 Å². The Labute approximate surface area is 90.6 Å². The minimum atomic E-state index is -0.750. The molecule has 3 heteroatoms. The lowest BCUT2D eigenvalue weighted by Gasteiger charge is -2.05. The number of hydrogen-bond acceptors (Lipinski definition) is 0. The molecule has 0 aliphatic heterocycles. The van der Waals surface area contributed by atoms with Crippen LogP contribution in [-0.2, 0) is 0 Å². The topological polar surface area (TPSA) is 0 Å². The zero-order chi connectivity index (χ0) is 9.23. The van der Waals surface area contributed by atoms with E-state index < -0.39 is 4.30 Å². The molecule has 1 aliphatic rings. The molecule has 0 bridgehead atoms. The molecule has 0 nitrogen and oxygen atoms in total. The van der Waals surface area contributed by atoms with Gasteiger partial charge in [0.1, 0.15) is 0 Å². The van der Waals surface area contributed by atoms with Crippen molar-refractivity contribution < 1.29 is 0 Å². The van der Waals surface area contributed by atoms with Gasteiger partial charge in [0.05, 0.1) is 0 Å². The molecule has 0 atom stereocenters. The molecule has 1 aliphatic carbocycles. The highest BCUT2D eigenvalue weighted by molar-refractivity contribution is 6.63. The third-order valence-electron chi connectivity index (χ3n) is 2.00. The van der Waals surface area contributed by atoms with Crippen molar-refractivity contribution in [3.8, 4) is 0 Å². The molecular weight excluding hydrogens is 214 g/mol. The van der Waals surface area contributed by atoms with Gasteiger partial charge in [-0.1, -0.05) is 86.2 Å². The molecule has 0 amide bonds. The maximum absolute atomic E-state index is 4.81. The Morgan fingerprint density at radius 1 is 0.500 bits per heavy atom. The minimum absolute atomic E-state index is 0.750. The standard InChI is InChI=1S/C8H16.CHCl3/c1-2-4-6-8-7-5-3-1;2-1(3)4/h1-8H2;1H. The normalized spacial score (nSPS) is 19.0. The first-order valence-electron chi connectivity index (χ1n) is 4.65. The van der Waals surface area contributed by atoms with Crippen LogP contribution in [0.3, 0.4) is 0 Å². The number of rotatable bonds is 0. The van der Waals surface area contributed by atoms with E-state index in [0.29, 0.717) is 0 Å². The van der Waals surface area contributed by atoms with Gasteiger partial charge in [-0.2, -0.15) is 0 Å². The molecule has 12 heavy (non-hydrogen) atoms. The third-order valence-corrected chi connectivity index (χ3v) is 2.00. The maximum atomic E-state index is 4.81. The SMILES string of the molecule is C1CCCCCCC1.ClC(Cl)Cl. The molecule has 0 saturated heterocycles. The van der Waals surface area contributed by atoms with Gasteiger partial charge in [0.25, 0.3) is 0 Å². The number of halogens is 3. The zero-order valence-corrected chi connectivity index (χ0v) is 9.64. The first-order chi connectivity index (χ1) is 5.73. The lowest BCUT2D eigenvalue weighted by molar-refractivity contribution is 0.504. The molecule has 0 N–H and O–H groups in total. The van der Waals surface area contributed by atoms with E-state index in [9.17, 15) is 0 Å². The van der Waals surface area contributed by atoms with Crippen LogP contribution in [0.25, 0.3) is 0 Å². The molecule has 0 unspecified atom stereocenters. The minimum Gasteiger partial charge on any atom is -0.0874 e. The zero-order valence-electron chi connectivity index (χ0n) is 7.37. The molecule has 0 heterocycles. The average molecular weight is 232 g/mol. The summed E-state index contributed by atoms with van der Waals surface area (Å²) in [7, 11) is 0. The number of hydrogen-bond donors (Lipinski definition) is 0. The van der Waals surface area contributed by atoms with Gasteiger partial charge < -0.3 is 0 Å². The van der Waals surface area contributed by atoms with Crippen LogP contribution in [0.5, 0.6) is 0 Å². The summed E-state index contributed by atoms with van der Waals surface area (Å²) in [5, 5.41) is 0. The first-order valence-corrected chi connectivity index (χ1v) is 5.96. The number of alkyl halides is 3. The van der Waals surface area contributed by atoms with Crippen LogP contribution in [0.15, 0.2) is 0 Å². The lowest BCUT2D eigenvalue weighted by atomic mass is 10.0. The molecule has 0 aromatic rings. The van der Waals surface area contributed by atoms with Gasteiger partial charge in [-0.05, 0) is 0 Å².